The summed E-state index contributed by atoms with van der Waals surface area (Å²) in [6.45, 7) is 1.63. The van der Waals surface area contributed by atoms with Crippen molar-refractivity contribution in [1.29, 1.82) is 0 Å². The molecule has 0 aliphatic rings. The number of sulfonamides is 1. The normalized spacial score (nSPS) is 12.1. The number of rotatable bonds is 6. The van der Waals surface area contributed by atoms with Crippen LogP contribution < -0.4 is 0 Å². The lowest BCUT2D eigenvalue weighted by Gasteiger charge is -2.21. The quantitative estimate of drug-likeness (QED) is 0.872. The second-order valence-corrected chi connectivity index (χ2v) is 5.99. The average Bonchev–Trinajstić information content (AvgIpc) is 2.32. The summed E-state index contributed by atoms with van der Waals surface area (Å²) in [6, 6.07) is 3.82. The standard InChI is InChI=1S/C11H15ClFNO3S/c1-2-6-14(7-8-15)18(16,17)10-5-3-4-9(12)11(10)13/h3-5,15H,2,6-8H2,1H3. The Hall–Kier alpha value is -0.690. The van der Waals surface area contributed by atoms with Gasteiger partial charge in [0.15, 0.2) is 5.82 Å². The molecule has 0 aliphatic heterocycles. The molecule has 0 saturated heterocycles. The van der Waals surface area contributed by atoms with Crippen LogP contribution in [0.1, 0.15) is 13.3 Å². The van der Waals surface area contributed by atoms with Gasteiger partial charge in [0, 0.05) is 13.1 Å². The van der Waals surface area contributed by atoms with Crippen molar-refractivity contribution in [2.45, 2.75) is 18.2 Å². The van der Waals surface area contributed by atoms with Gasteiger partial charge in [0.05, 0.1) is 11.6 Å². The summed E-state index contributed by atoms with van der Waals surface area (Å²) in [5, 5.41) is 8.63. The van der Waals surface area contributed by atoms with Gasteiger partial charge in [-0.2, -0.15) is 4.31 Å². The van der Waals surface area contributed by atoms with Crippen molar-refractivity contribution in [3.8, 4) is 0 Å². The van der Waals surface area contributed by atoms with Crippen LogP contribution in [0.3, 0.4) is 0 Å². The minimum Gasteiger partial charge on any atom is -0.395 e. The Bertz CT molecular complexity index is 501. The molecule has 0 unspecified atom stereocenters. The number of hydrogen-bond acceptors (Lipinski definition) is 3. The second kappa shape index (κ2) is 6.47. The lowest BCUT2D eigenvalue weighted by molar-refractivity contribution is 0.253. The lowest BCUT2D eigenvalue weighted by Crippen LogP contribution is -2.34. The molecule has 0 heterocycles. The van der Waals surface area contributed by atoms with Crippen LogP contribution in [0.25, 0.3) is 0 Å². The van der Waals surface area contributed by atoms with Gasteiger partial charge in [0.2, 0.25) is 10.0 Å². The molecule has 0 spiro atoms. The van der Waals surface area contributed by atoms with Gasteiger partial charge in [-0.15, -0.1) is 0 Å². The van der Waals surface area contributed by atoms with Crippen LogP contribution in [0.5, 0.6) is 0 Å². The van der Waals surface area contributed by atoms with Crippen LogP contribution in [-0.4, -0.2) is 37.5 Å². The van der Waals surface area contributed by atoms with Crippen LogP contribution in [0.4, 0.5) is 4.39 Å². The van der Waals surface area contributed by atoms with Crippen LogP contribution >= 0.6 is 11.6 Å². The van der Waals surface area contributed by atoms with Crippen molar-refractivity contribution in [3.05, 3.63) is 29.0 Å². The van der Waals surface area contributed by atoms with Crippen molar-refractivity contribution in [2.75, 3.05) is 19.7 Å². The molecule has 0 aliphatic carbocycles. The molecule has 1 rings (SSSR count). The summed E-state index contributed by atoms with van der Waals surface area (Å²) < 4.78 is 39.2. The first-order valence-electron chi connectivity index (χ1n) is 5.50. The van der Waals surface area contributed by atoms with Gasteiger partial charge < -0.3 is 5.11 Å². The topological polar surface area (TPSA) is 57.6 Å². The van der Waals surface area contributed by atoms with E-state index in [0.717, 1.165) is 10.4 Å². The van der Waals surface area contributed by atoms with E-state index >= 15 is 0 Å². The number of nitrogens with zero attached hydrogens (tertiary/aromatic N) is 1. The molecular weight excluding hydrogens is 281 g/mol. The van der Waals surface area contributed by atoms with Crippen molar-refractivity contribution in [3.63, 3.8) is 0 Å². The third-order valence-electron chi connectivity index (χ3n) is 2.36. The molecule has 0 bridgehead atoms. The molecule has 0 amide bonds. The van der Waals surface area contributed by atoms with Crippen molar-refractivity contribution < 1.29 is 17.9 Å². The van der Waals surface area contributed by atoms with E-state index in [2.05, 4.69) is 0 Å². The maximum absolute atomic E-state index is 13.7. The molecule has 1 aromatic carbocycles. The third kappa shape index (κ3) is 3.20. The minimum absolute atomic E-state index is 0.0673. The fraction of sp³-hybridized carbons (Fsp3) is 0.455. The smallest absolute Gasteiger partial charge is 0.246 e. The lowest BCUT2D eigenvalue weighted by atomic mass is 10.3. The molecule has 0 saturated carbocycles. The highest BCUT2D eigenvalue weighted by atomic mass is 35.5. The van der Waals surface area contributed by atoms with Crippen LogP contribution in [0.15, 0.2) is 23.1 Å². The van der Waals surface area contributed by atoms with E-state index in [-0.39, 0.29) is 24.7 Å². The predicted octanol–water partition coefficient (Wildman–Crippen LogP) is 1.87. The molecule has 0 radical (unpaired) electrons. The number of hydrogen-bond donors (Lipinski definition) is 1. The Morgan fingerprint density at radius 3 is 2.61 bits per heavy atom. The zero-order chi connectivity index (χ0) is 13.8. The molecule has 7 heteroatoms. The van der Waals surface area contributed by atoms with Gasteiger partial charge in [-0.3, -0.25) is 0 Å². The number of benzene rings is 1. The van der Waals surface area contributed by atoms with E-state index in [1.54, 1.807) is 6.92 Å². The molecular formula is C11H15ClFNO3S. The third-order valence-corrected chi connectivity index (χ3v) is 4.56. The van der Waals surface area contributed by atoms with Gasteiger partial charge in [0.1, 0.15) is 4.90 Å². The molecule has 4 nitrogen and oxygen atoms in total. The Kier molecular flexibility index (Phi) is 5.52. The number of aliphatic hydroxyl groups excluding tert-OH is 1. The number of halogens is 2. The van der Waals surface area contributed by atoms with Crippen LogP contribution in [0.2, 0.25) is 5.02 Å². The van der Waals surface area contributed by atoms with E-state index in [9.17, 15) is 12.8 Å². The molecule has 1 N–H and O–H groups in total. The molecule has 1 aromatic rings. The Balaban J connectivity index is 3.22. The van der Waals surface area contributed by atoms with E-state index < -0.39 is 20.7 Å². The maximum Gasteiger partial charge on any atom is 0.246 e. The zero-order valence-electron chi connectivity index (χ0n) is 9.94. The molecule has 0 fully saturated rings. The van der Waals surface area contributed by atoms with E-state index in [1.165, 1.54) is 12.1 Å². The monoisotopic (exact) mass is 295 g/mol. The Morgan fingerprint density at radius 1 is 1.39 bits per heavy atom. The summed E-state index contributed by atoms with van der Waals surface area (Å²) in [6.07, 6.45) is 0.571. The zero-order valence-corrected chi connectivity index (χ0v) is 11.5. The SMILES string of the molecule is CCCN(CCO)S(=O)(=O)c1cccc(Cl)c1F. The maximum atomic E-state index is 13.7. The van der Waals surface area contributed by atoms with E-state index in [1.807, 2.05) is 0 Å². The average molecular weight is 296 g/mol. The van der Waals surface area contributed by atoms with Crippen molar-refractivity contribution >= 4 is 21.6 Å². The fourth-order valence-corrected chi connectivity index (χ4v) is 3.38. The van der Waals surface area contributed by atoms with Gasteiger partial charge in [-0.25, -0.2) is 12.8 Å². The van der Waals surface area contributed by atoms with Gasteiger partial charge in [-0.1, -0.05) is 24.6 Å². The van der Waals surface area contributed by atoms with Gasteiger partial charge >= 0.3 is 0 Å². The summed E-state index contributed by atoms with van der Waals surface area (Å²) in [4.78, 5) is -0.461. The molecule has 18 heavy (non-hydrogen) atoms. The van der Waals surface area contributed by atoms with Crippen molar-refractivity contribution in [1.82, 2.24) is 4.31 Å². The molecule has 0 aromatic heterocycles. The van der Waals surface area contributed by atoms with E-state index in [0.29, 0.717) is 6.42 Å². The fourth-order valence-electron chi connectivity index (χ4n) is 1.54. The van der Waals surface area contributed by atoms with Crippen LogP contribution in [-0.2, 0) is 10.0 Å². The first-order chi connectivity index (χ1) is 8.45. The highest BCUT2D eigenvalue weighted by Gasteiger charge is 2.27. The van der Waals surface area contributed by atoms with Crippen LogP contribution in [0, 0.1) is 5.82 Å². The summed E-state index contributed by atoms with van der Waals surface area (Å²) in [5.41, 5.74) is 0. The number of aliphatic hydroxyl groups is 1. The summed E-state index contributed by atoms with van der Waals surface area (Å²) in [5.74, 6) is -0.960. The predicted molar refractivity (Wildman–Crippen MR) is 67.5 cm³/mol. The molecule has 0 atom stereocenters. The first-order valence-corrected chi connectivity index (χ1v) is 7.32. The van der Waals surface area contributed by atoms with Crippen molar-refractivity contribution in [2.24, 2.45) is 0 Å². The van der Waals surface area contributed by atoms with Gasteiger partial charge in [-0.05, 0) is 18.6 Å². The Morgan fingerprint density at radius 2 is 2.06 bits per heavy atom. The Labute approximate surface area is 111 Å². The highest BCUT2D eigenvalue weighted by molar-refractivity contribution is 7.89. The first kappa shape index (κ1) is 15.4. The largest absolute Gasteiger partial charge is 0.395 e. The summed E-state index contributed by atoms with van der Waals surface area (Å²) in [7, 11) is -3.96. The minimum atomic E-state index is -3.96. The second-order valence-electron chi connectivity index (χ2n) is 3.68. The summed E-state index contributed by atoms with van der Waals surface area (Å²) >= 11 is 5.57. The highest BCUT2D eigenvalue weighted by Crippen LogP contribution is 2.24. The molecule has 102 valence electrons. The van der Waals surface area contributed by atoms with E-state index in [4.69, 9.17) is 16.7 Å². The van der Waals surface area contributed by atoms with Gasteiger partial charge in [0.25, 0.3) is 0 Å².